The second-order valence-corrected chi connectivity index (χ2v) is 16.6. The molecule has 2 aliphatic rings. The van der Waals surface area contributed by atoms with Crippen LogP contribution in [0.5, 0.6) is 11.5 Å². The van der Waals surface area contributed by atoms with Crippen LogP contribution >= 0.6 is 0 Å². The average molecular weight is 912 g/mol. The van der Waals surface area contributed by atoms with Crippen LogP contribution in [0.1, 0.15) is 99.1 Å². The molecule has 16 nitrogen and oxygen atoms in total. The molecule has 4 N–H and O–H groups in total. The number of benzene rings is 2. The van der Waals surface area contributed by atoms with Crippen molar-refractivity contribution in [2.75, 3.05) is 59.4 Å². The Kier molecular flexibility index (Phi) is 14.2. The predicted octanol–water partition coefficient (Wildman–Crippen LogP) is 6.18. The zero-order chi connectivity index (χ0) is 47.9. The number of likely N-dealkylation sites (N-methyl/N-ethyl adjacent to an activating group) is 1. The van der Waals surface area contributed by atoms with Gasteiger partial charge in [0.05, 0.1) is 65.8 Å². The minimum atomic E-state index is -0.571. The summed E-state index contributed by atoms with van der Waals surface area (Å²) in [6, 6.07) is 16.4. The second kappa shape index (κ2) is 20.7. The molecule has 4 aromatic heterocycles. The minimum absolute atomic E-state index is 0.0632. The number of hydrogen-bond acceptors (Lipinski definition) is 14. The van der Waals surface area contributed by atoms with E-state index < -0.39 is 6.10 Å². The summed E-state index contributed by atoms with van der Waals surface area (Å²) in [5.74, 6) is 14.0. The van der Waals surface area contributed by atoms with E-state index in [0.29, 0.717) is 118 Å². The Morgan fingerprint density at radius 2 is 1.32 bits per heavy atom. The Hall–Kier alpha value is -7.92. The predicted molar refractivity (Wildman–Crippen MR) is 258 cm³/mol. The monoisotopic (exact) mass is 911 g/mol. The van der Waals surface area contributed by atoms with E-state index in [4.69, 9.17) is 25.8 Å². The molecule has 0 radical (unpaired) electrons. The maximum Gasteiger partial charge on any atom is 0.281 e. The molecule has 68 heavy (non-hydrogen) atoms. The molecule has 0 aliphatic carbocycles. The number of pyridine rings is 2. The van der Waals surface area contributed by atoms with Crippen molar-refractivity contribution in [3.63, 3.8) is 0 Å². The van der Waals surface area contributed by atoms with Crippen LogP contribution in [0.3, 0.4) is 0 Å². The largest absolute Gasteiger partial charge is 0.496 e. The maximum atomic E-state index is 14.1. The van der Waals surface area contributed by atoms with Gasteiger partial charge in [0, 0.05) is 65.8 Å². The molecule has 2 saturated heterocycles. The third-order valence-corrected chi connectivity index (χ3v) is 12.2. The van der Waals surface area contributed by atoms with E-state index in [2.05, 4.69) is 58.5 Å². The first kappa shape index (κ1) is 46.6. The number of rotatable bonds is 10. The van der Waals surface area contributed by atoms with Crippen molar-refractivity contribution in [2.45, 2.75) is 58.1 Å². The van der Waals surface area contributed by atoms with Crippen molar-refractivity contribution < 1.29 is 23.9 Å². The van der Waals surface area contributed by atoms with Crippen molar-refractivity contribution in [3.8, 4) is 57.7 Å². The first-order valence-electron chi connectivity index (χ1n) is 22.5. The minimum Gasteiger partial charge on any atom is -0.496 e. The standard InChI is InChI=1S/C52H53N11O5/c1-7-42-37(16-11-32-13-20-47(53)55-27-32)48(59-30-57-42)35-15-19-40(46(26-35)67-6)52(65)63-23-21-44(68-63)41-24-33(28-56-50(41)54)12-17-38-43(8-2)58-31-60-49(38)34-14-18-39(45(25-34)66-5)51(64)62-22-9-10-36(29-62)61(3)4/h13-15,18-20,24-28,30-31,36,44H,7-10,21-23,29H2,1-6H3,(H2,53,55)(H2,54,56). The van der Waals surface area contributed by atoms with Gasteiger partial charge in [0.1, 0.15) is 41.9 Å². The van der Waals surface area contributed by atoms with Crippen molar-refractivity contribution in [2.24, 2.45) is 0 Å². The van der Waals surface area contributed by atoms with E-state index in [-0.39, 0.29) is 17.6 Å². The van der Waals surface area contributed by atoms with Crippen molar-refractivity contribution in [1.82, 2.24) is 44.8 Å². The van der Waals surface area contributed by atoms with Crippen molar-refractivity contribution in [3.05, 3.63) is 130 Å². The highest BCUT2D eigenvalue weighted by Gasteiger charge is 2.33. The summed E-state index contributed by atoms with van der Waals surface area (Å²) in [5.41, 5.74) is 20.4. The van der Waals surface area contributed by atoms with E-state index in [1.165, 1.54) is 24.8 Å². The molecule has 0 spiro atoms. The van der Waals surface area contributed by atoms with E-state index in [9.17, 15) is 9.59 Å². The lowest BCUT2D eigenvalue weighted by atomic mass is 9.99. The van der Waals surface area contributed by atoms with Crippen LogP contribution in [0.4, 0.5) is 11.6 Å². The second-order valence-electron chi connectivity index (χ2n) is 16.6. The number of methoxy groups -OCH3 is 2. The van der Waals surface area contributed by atoms with E-state index >= 15 is 0 Å². The van der Waals surface area contributed by atoms with Gasteiger partial charge < -0.3 is 30.7 Å². The summed E-state index contributed by atoms with van der Waals surface area (Å²) in [7, 11) is 7.17. The highest BCUT2D eigenvalue weighted by molar-refractivity contribution is 5.98. The Morgan fingerprint density at radius 1 is 0.721 bits per heavy atom. The molecule has 2 aromatic carbocycles. The number of ether oxygens (including phenoxy) is 2. The zero-order valence-corrected chi connectivity index (χ0v) is 39.0. The molecule has 6 aromatic rings. The number of nitrogen functional groups attached to an aromatic ring is 2. The summed E-state index contributed by atoms with van der Waals surface area (Å²) in [5, 5.41) is 1.32. The van der Waals surface area contributed by atoms with E-state index in [1.54, 1.807) is 49.8 Å². The Morgan fingerprint density at radius 3 is 1.90 bits per heavy atom. The number of hydrogen-bond donors (Lipinski definition) is 2. The number of aromatic nitrogens is 6. The van der Waals surface area contributed by atoms with Gasteiger partial charge in [0.15, 0.2) is 0 Å². The Balaban J connectivity index is 1.01. The molecule has 2 fully saturated rings. The summed E-state index contributed by atoms with van der Waals surface area (Å²) in [6.45, 7) is 5.66. The summed E-state index contributed by atoms with van der Waals surface area (Å²) < 4.78 is 11.6. The Labute approximate surface area is 396 Å². The Bertz CT molecular complexity index is 2990. The molecule has 16 heteroatoms. The number of carbonyl (C=O) groups excluding carboxylic acids is 2. The van der Waals surface area contributed by atoms with Gasteiger partial charge in [0.25, 0.3) is 11.8 Å². The molecule has 2 unspecified atom stereocenters. The smallest absolute Gasteiger partial charge is 0.281 e. The van der Waals surface area contributed by atoms with Gasteiger partial charge in [0.2, 0.25) is 0 Å². The molecule has 0 saturated carbocycles. The van der Waals surface area contributed by atoms with Gasteiger partial charge in [-0.3, -0.25) is 14.4 Å². The topological polar surface area (TPSA) is 201 Å². The van der Waals surface area contributed by atoms with Gasteiger partial charge >= 0.3 is 0 Å². The van der Waals surface area contributed by atoms with Crippen LogP contribution in [-0.4, -0.2) is 111 Å². The van der Waals surface area contributed by atoms with Crippen LogP contribution < -0.4 is 20.9 Å². The molecule has 2 amide bonds. The highest BCUT2D eigenvalue weighted by atomic mass is 16.7. The molecule has 8 rings (SSSR count). The number of anilines is 2. The number of carbonyl (C=O) groups is 2. The lowest BCUT2D eigenvalue weighted by Crippen LogP contribution is -2.47. The van der Waals surface area contributed by atoms with Crippen molar-refractivity contribution in [1.29, 1.82) is 0 Å². The lowest BCUT2D eigenvalue weighted by Gasteiger charge is -2.36. The fourth-order valence-electron chi connectivity index (χ4n) is 8.40. The van der Waals surface area contributed by atoms with Gasteiger partial charge in [-0.2, -0.15) is 0 Å². The number of piperidine rings is 1. The van der Waals surface area contributed by atoms with Gasteiger partial charge in [-0.15, -0.1) is 0 Å². The highest BCUT2D eigenvalue weighted by Crippen LogP contribution is 2.36. The van der Waals surface area contributed by atoms with Crippen LogP contribution in [0.25, 0.3) is 22.5 Å². The number of nitrogens with zero attached hydrogens (tertiary/aromatic N) is 9. The average Bonchev–Trinajstić information content (AvgIpc) is 3.87. The van der Waals surface area contributed by atoms with Crippen LogP contribution in [-0.2, 0) is 17.7 Å². The maximum absolute atomic E-state index is 14.1. The van der Waals surface area contributed by atoms with Gasteiger partial charge in [-0.25, -0.2) is 35.0 Å². The van der Waals surface area contributed by atoms with E-state index in [0.717, 1.165) is 29.8 Å². The third kappa shape index (κ3) is 9.93. The molecule has 346 valence electrons. The summed E-state index contributed by atoms with van der Waals surface area (Å²) in [4.78, 5) is 65.0. The first-order chi connectivity index (χ1) is 33.0. The molecule has 2 aliphatic heterocycles. The molecule has 0 bridgehead atoms. The van der Waals surface area contributed by atoms with Gasteiger partial charge in [-0.05, 0) is 82.2 Å². The molecule has 6 heterocycles. The SMILES string of the molecule is CCc1ncnc(-c2ccc(C(=O)N3CCCC(N(C)C)C3)c(OC)c2)c1C#Cc1cnc(N)c(C2CCN(C(=O)c3ccc(-c4ncnc(CC)c4C#Cc4ccc(N)nc4)cc3OC)O2)c1. The van der Waals surface area contributed by atoms with Crippen LogP contribution in [0.15, 0.2) is 79.6 Å². The number of hydroxylamine groups is 2. The number of aryl methyl sites for hydroxylation is 2. The third-order valence-electron chi connectivity index (χ3n) is 12.2. The first-order valence-corrected chi connectivity index (χ1v) is 22.5. The zero-order valence-electron chi connectivity index (χ0n) is 39.0. The molecular weight excluding hydrogens is 859 g/mol. The fourth-order valence-corrected chi connectivity index (χ4v) is 8.40. The molecule has 2 atom stereocenters. The number of amides is 2. The van der Waals surface area contributed by atoms with Gasteiger partial charge in [-0.1, -0.05) is 49.7 Å². The number of likely N-dealkylation sites (tertiary alicyclic amines) is 1. The van der Waals surface area contributed by atoms with E-state index in [1.807, 2.05) is 57.1 Å². The quantitative estimate of drug-likeness (QED) is 0.148. The molecular formula is C52H53N11O5. The van der Waals surface area contributed by atoms with Crippen molar-refractivity contribution >= 4 is 23.5 Å². The lowest BCUT2D eigenvalue weighted by molar-refractivity contribution is -0.114. The van der Waals surface area contributed by atoms with Crippen LogP contribution in [0.2, 0.25) is 0 Å². The summed E-state index contributed by atoms with van der Waals surface area (Å²) in [6.07, 6.45) is 9.36. The van der Waals surface area contributed by atoms with Crippen LogP contribution in [0, 0.1) is 23.7 Å². The normalized spacial score (nSPS) is 15.6. The number of nitrogens with two attached hydrogens (primary N) is 2. The summed E-state index contributed by atoms with van der Waals surface area (Å²) >= 11 is 0. The fraction of sp³-hybridized carbons (Fsp3) is 0.308.